The Morgan fingerprint density at radius 2 is 2.04 bits per heavy atom. The smallest absolute Gasteiger partial charge is 0.321 e. The summed E-state index contributed by atoms with van der Waals surface area (Å²) in [6, 6.07) is 7.38. The number of amides is 3. The van der Waals surface area contributed by atoms with Crippen LogP contribution in [0.1, 0.15) is 45.1 Å². The van der Waals surface area contributed by atoms with Crippen LogP contribution >= 0.6 is 0 Å². The van der Waals surface area contributed by atoms with Crippen molar-refractivity contribution in [1.29, 1.82) is 0 Å². The van der Waals surface area contributed by atoms with Gasteiger partial charge in [0.05, 0.1) is 5.92 Å². The van der Waals surface area contributed by atoms with E-state index in [1.54, 1.807) is 4.90 Å². The normalized spacial score (nSPS) is 17.3. The summed E-state index contributed by atoms with van der Waals surface area (Å²) >= 11 is 0. The number of aliphatic carboxylic acids is 1. The second-order valence-electron chi connectivity index (χ2n) is 7.85. The van der Waals surface area contributed by atoms with Crippen LogP contribution in [0, 0.1) is 12.8 Å². The van der Waals surface area contributed by atoms with E-state index in [0.29, 0.717) is 19.5 Å². The highest BCUT2D eigenvalue weighted by atomic mass is 16.4. The van der Waals surface area contributed by atoms with Gasteiger partial charge in [-0.15, -0.1) is 0 Å². The first-order valence-corrected chi connectivity index (χ1v) is 9.33. The number of nitrogens with one attached hydrogen (secondary N) is 2. The minimum Gasteiger partial charge on any atom is -0.481 e. The van der Waals surface area contributed by atoms with Crippen LogP contribution < -0.4 is 10.6 Å². The third-order valence-corrected chi connectivity index (χ3v) is 4.77. The fourth-order valence-electron chi connectivity index (χ4n) is 3.22. The number of piperidine rings is 1. The van der Waals surface area contributed by atoms with Crippen LogP contribution in [0.4, 0.5) is 10.5 Å². The third kappa shape index (κ3) is 6.58. The fraction of sp³-hybridized carbons (Fsp3) is 0.550. The summed E-state index contributed by atoms with van der Waals surface area (Å²) in [5.74, 6) is -1.29. The van der Waals surface area contributed by atoms with Gasteiger partial charge >= 0.3 is 12.0 Å². The molecular formula is C20H29N3O4. The Bertz CT molecular complexity index is 702. The van der Waals surface area contributed by atoms with E-state index in [1.165, 1.54) is 0 Å². The number of carbonyl (C=O) groups is 3. The zero-order valence-electron chi connectivity index (χ0n) is 16.2. The van der Waals surface area contributed by atoms with Gasteiger partial charge in [0.15, 0.2) is 0 Å². The lowest BCUT2D eigenvalue weighted by molar-refractivity contribution is -0.138. The predicted molar refractivity (Wildman–Crippen MR) is 104 cm³/mol. The van der Waals surface area contributed by atoms with Crippen molar-refractivity contribution < 1.29 is 19.5 Å². The molecule has 0 bridgehead atoms. The Hall–Kier alpha value is -2.57. The number of urea groups is 1. The van der Waals surface area contributed by atoms with Crippen LogP contribution in [0.5, 0.6) is 0 Å². The van der Waals surface area contributed by atoms with Gasteiger partial charge in [-0.2, -0.15) is 0 Å². The first-order chi connectivity index (χ1) is 12.7. The Morgan fingerprint density at radius 1 is 1.30 bits per heavy atom. The summed E-state index contributed by atoms with van der Waals surface area (Å²) in [5.41, 5.74) is 1.20. The monoisotopic (exact) mass is 375 g/mol. The zero-order valence-corrected chi connectivity index (χ0v) is 16.2. The van der Waals surface area contributed by atoms with E-state index < -0.39 is 11.5 Å². The first-order valence-electron chi connectivity index (χ1n) is 9.33. The Balaban J connectivity index is 1.91. The van der Waals surface area contributed by atoms with E-state index in [4.69, 9.17) is 5.11 Å². The van der Waals surface area contributed by atoms with Gasteiger partial charge in [-0.05, 0) is 57.7 Å². The Morgan fingerprint density at radius 3 is 2.70 bits per heavy atom. The molecule has 1 aromatic carbocycles. The highest BCUT2D eigenvalue weighted by Gasteiger charge is 2.31. The molecule has 7 nitrogen and oxygen atoms in total. The summed E-state index contributed by atoms with van der Waals surface area (Å²) in [5, 5.41) is 14.7. The van der Waals surface area contributed by atoms with Gasteiger partial charge in [0.25, 0.3) is 0 Å². The number of hydrogen-bond donors (Lipinski definition) is 3. The van der Waals surface area contributed by atoms with Crippen LogP contribution in [0.25, 0.3) is 0 Å². The number of benzene rings is 1. The van der Waals surface area contributed by atoms with Crippen LogP contribution in [0.2, 0.25) is 0 Å². The molecule has 0 aliphatic carbocycles. The first kappa shape index (κ1) is 20.7. The highest BCUT2D eigenvalue weighted by molar-refractivity contribution is 5.90. The van der Waals surface area contributed by atoms with Crippen LogP contribution in [0.3, 0.4) is 0 Å². The molecule has 0 aromatic heterocycles. The zero-order chi connectivity index (χ0) is 20.0. The minimum atomic E-state index is -0.881. The number of rotatable bonds is 6. The number of aryl methyl sites for hydroxylation is 1. The average molecular weight is 375 g/mol. The number of carboxylic acids is 1. The molecule has 148 valence electrons. The lowest BCUT2D eigenvalue weighted by Crippen LogP contribution is -2.51. The maximum Gasteiger partial charge on any atom is 0.321 e. The maximum absolute atomic E-state index is 12.6. The van der Waals surface area contributed by atoms with Crippen LogP contribution in [0.15, 0.2) is 24.3 Å². The van der Waals surface area contributed by atoms with E-state index >= 15 is 0 Å². The molecule has 0 spiro atoms. The van der Waals surface area contributed by atoms with Gasteiger partial charge in [0.2, 0.25) is 5.91 Å². The number of anilines is 1. The van der Waals surface area contributed by atoms with Gasteiger partial charge < -0.3 is 20.6 Å². The number of hydrogen-bond acceptors (Lipinski definition) is 3. The van der Waals surface area contributed by atoms with Gasteiger partial charge in [-0.25, -0.2) is 4.79 Å². The molecule has 0 saturated carbocycles. The quantitative estimate of drug-likeness (QED) is 0.712. The molecule has 0 radical (unpaired) electrons. The minimum absolute atomic E-state index is 0.00295. The van der Waals surface area contributed by atoms with Crippen molar-refractivity contribution in [2.45, 2.75) is 52.0 Å². The SMILES string of the molecule is Cc1cccc(NC(=O)N2CCCC(C(=O)NC(C)(C)CCC(=O)O)C2)c1. The summed E-state index contributed by atoms with van der Waals surface area (Å²) < 4.78 is 0. The van der Waals surface area contributed by atoms with Crippen molar-refractivity contribution in [2.75, 3.05) is 18.4 Å². The fourth-order valence-corrected chi connectivity index (χ4v) is 3.22. The number of likely N-dealkylation sites (tertiary alicyclic amines) is 1. The van der Waals surface area contributed by atoms with Gasteiger partial charge in [-0.3, -0.25) is 9.59 Å². The molecule has 3 N–H and O–H groups in total. The molecule has 1 heterocycles. The molecule has 7 heteroatoms. The van der Waals surface area contributed by atoms with E-state index in [9.17, 15) is 14.4 Å². The molecule has 1 fully saturated rings. The van der Waals surface area contributed by atoms with Gasteiger partial charge in [-0.1, -0.05) is 12.1 Å². The topological polar surface area (TPSA) is 98.7 Å². The van der Waals surface area contributed by atoms with Crippen molar-refractivity contribution in [3.63, 3.8) is 0 Å². The van der Waals surface area contributed by atoms with Crippen molar-refractivity contribution in [3.8, 4) is 0 Å². The number of nitrogens with zero attached hydrogens (tertiary/aromatic N) is 1. The molecule has 27 heavy (non-hydrogen) atoms. The standard InChI is InChI=1S/C20H29N3O4/c1-14-6-4-8-16(12-14)21-19(27)23-11-5-7-15(13-23)18(26)22-20(2,3)10-9-17(24)25/h4,6,8,12,15H,5,7,9-11,13H2,1-3H3,(H,21,27)(H,22,26)(H,24,25). The molecule has 1 aliphatic rings. The number of carbonyl (C=O) groups excluding carboxylic acids is 2. The van der Waals surface area contributed by atoms with Gasteiger partial charge in [0.1, 0.15) is 0 Å². The van der Waals surface area contributed by atoms with Gasteiger partial charge in [0, 0.05) is 30.7 Å². The van der Waals surface area contributed by atoms with Crippen molar-refractivity contribution in [3.05, 3.63) is 29.8 Å². The molecule has 1 unspecified atom stereocenters. The molecule has 1 aromatic rings. The second kappa shape index (κ2) is 8.88. The van der Waals surface area contributed by atoms with Crippen molar-refractivity contribution in [2.24, 2.45) is 5.92 Å². The maximum atomic E-state index is 12.6. The largest absolute Gasteiger partial charge is 0.481 e. The highest BCUT2D eigenvalue weighted by Crippen LogP contribution is 2.20. The Kier molecular flexibility index (Phi) is 6.82. The third-order valence-electron chi connectivity index (χ3n) is 4.77. The summed E-state index contributed by atoms with van der Waals surface area (Å²) in [7, 11) is 0. The lowest BCUT2D eigenvalue weighted by Gasteiger charge is -2.34. The number of carboxylic acid groups (broad SMARTS) is 1. The average Bonchev–Trinajstić information content (AvgIpc) is 2.60. The predicted octanol–water partition coefficient (Wildman–Crippen LogP) is 3.00. The summed E-state index contributed by atoms with van der Waals surface area (Å²) in [6.07, 6.45) is 1.84. The molecule has 1 aliphatic heterocycles. The molecule has 2 rings (SSSR count). The van der Waals surface area contributed by atoms with E-state index in [0.717, 1.165) is 24.1 Å². The summed E-state index contributed by atoms with van der Waals surface area (Å²) in [6.45, 7) is 6.57. The van der Waals surface area contributed by atoms with E-state index in [2.05, 4.69) is 10.6 Å². The van der Waals surface area contributed by atoms with Crippen LogP contribution in [-0.4, -0.2) is 46.5 Å². The Labute approximate surface area is 160 Å². The van der Waals surface area contributed by atoms with E-state index in [-0.39, 0.29) is 24.3 Å². The van der Waals surface area contributed by atoms with Crippen LogP contribution in [-0.2, 0) is 9.59 Å². The van der Waals surface area contributed by atoms with Crippen molar-refractivity contribution >= 4 is 23.6 Å². The van der Waals surface area contributed by atoms with E-state index in [1.807, 2.05) is 45.0 Å². The molecule has 3 amide bonds. The van der Waals surface area contributed by atoms with Crippen molar-refractivity contribution in [1.82, 2.24) is 10.2 Å². The molecular weight excluding hydrogens is 346 g/mol. The summed E-state index contributed by atoms with van der Waals surface area (Å²) in [4.78, 5) is 37.6. The second-order valence-corrected chi connectivity index (χ2v) is 7.85. The lowest BCUT2D eigenvalue weighted by atomic mass is 9.93. The molecule has 1 atom stereocenters. The molecule has 1 saturated heterocycles.